The second-order valence-corrected chi connectivity index (χ2v) is 3.73. The van der Waals surface area contributed by atoms with Crippen LogP contribution < -0.4 is 5.32 Å². The number of nitrogens with zero attached hydrogens (tertiary/aromatic N) is 2. The lowest BCUT2D eigenvalue weighted by Crippen LogP contribution is -2.53. The first kappa shape index (κ1) is 12.0. The van der Waals surface area contributed by atoms with Crippen molar-refractivity contribution in [2.45, 2.75) is 13.3 Å². The topological polar surface area (TPSA) is 52.6 Å². The zero-order chi connectivity index (χ0) is 11.3. The van der Waals surface area contributed by atoms with Gasteiger partial charge in [-0.1, -0.05) is 6.92 Å². The Morgan fingerprint density at radius 3 is 2.67 bits per heavy atom. The molecular formula is C10H19N3O2. The highest BCUT2D eigenvalue weighted by atomic mass is 16.2. The summed E-state index contributed by atoms with van der Waals surface area (Å²) in [6, 6.07) is 0. The summed E-state index contributed by atoms with van der Waals surface area (Å²) in [4.78, 5) is 26.0. The molecule has 0 aromatic heterocycles. The highest BCUT2D eigenvalue weighted by Crippen LogP contribution is 2.03. The van der Waals surface area contributed by atoms with Crippen molar-refractivity contribution >= 4 is 11.8 Å². The predicted molar refractivity (Wildman–Crippen MR) is 57.4 cm³/mol. The van der Waals surface area contributed by atoms with Gasteiger partial charge in [-0.15, -0.1) is 0 Å². The molecule has 1 saturated heterocycles. The quantitative estimate of drug-likeness (QED) is 0.485. The Kier molecular flexibility index (Phi) is 4.55. The van der Waals surface area contributed by atoms with Crippen LogP contribution in [0.25, 0.3) is 0 Å². The Bertz CT molecular complexity index is 243. The van der Waals surface area contributed by atoms with Crippen molar-refractivity contribution in [3.63, 3.8) is 0 Å². The Balaban J connectivity index is 2.30. The Morgan fingerprint density at radius 1 is 1.27 bits per heavy atom. The van der Waals surface area contributed by atoms with E-state index in [0.717, 1.165) is 19.5 Å². The maximum absolute atomic E-state index is 11.5. The average molecular weight is 213 g/mol. The van der Waals surface area contributed by atoms with Crippen LogP contribution in [0.15, 0.2) is 0 Å². The minimum absolute atomic E-state index is 0.361. The van der Waals surface area contributed by atoms with E-state index < -0.39 is 0 Å². The molecule has 1 aliphatic heterocycles. The summed E-state index contributed by atoms with van der Waals surface area (Å²) < 4.78 is 0. The minimum atomic E-state index is -0.385. The fourth-order valence-electron chi connectivity index (χ4n) is 1.56. The Labute approximate surface area is 90.4 Å². The van der Waals surface area contributed by atoms with E-state index in [1.807, 2.05) is 6.92 Å². The molecule has 0 aromatic carbocycles. The molecule has 1 aliphatic rings. The van der Waals surface area contributed by atoms with Crippen molar-refractivity contribution < 1.29 is 9.59 Å². The average Bonchev–Trinajstić information content (AvgIpc) is 2.24. The highest BCUT2D eigenvalue weighted by Gasteiger charge is 2.29. The van der Waals surface area contributed by atoms with E-state index in [-0.39, 0.29) is 11.8 Å². The van der Waals surface area contributed by atoms with Crippen LogP contribution in [0.1, 0.15) is 13.3 Å². The van der Waals surface area contributed by atoms with Gasteiger partial charge in [0.05, 0.1) is 0 Å². The molecule has 1 N–H and O–H groups in total. The first-order valence-electron chi connectivity index (χ1n) is 5.42. The zero-order valence-corrected chi connectivity index (χ0v) is 9.45. The van der Waals surface area contributed by atoms with Gasteiger partial charge in [-0.25, -0.2) is 0 Å². The zero-order valence-electron chi connectivity index (χ0n) is 9.45. The van der Waals surface area contributed by atoms with E-state index in [2.05, 4.69) is 5.32 Å². The van der Waals surface area contributed by atoms with E-state index in [0.29, 0.717) is 19.6 Å². The largest absolute Gasteiger partial charge is 0.336 e. The lowest BCUT2D eigenvalue weighted by Gasteiger charge is -2.31. The second-order valence-electron chi connectivity index (χ2n) is 3.73. The molecule has 0 aromatic rings. The van der Waals surface area contributed by atoms with Gasteiger partial charge in [-0.3, -0.25) is 9.59 Å². The van der Waals surface area contributed by atoms with Gasteiger partial charge < -0.3 is 15.1 Å². The predicted octanol–water partition coefficient (Wildman–Crippen LogP) is -0.713. The van der Waals surface area contributed by atoms with Gasteiger partial charge in [0, 0.05) is 26.7 Å². The summed E-state index contributed by atoms with van der Waals surface area (Å²) in [7, 11) is 1.66. The number of hydrogen-bond donors (Lipinski definition) is 1. The monoisotopic (exact) mass is 213 g/mol. The smallest absolute Gasteiger partial charge is 0.312 e. The van der Waals surface area contributed by atoms with E-state index in [1.165, 1.54) is 4.90 Å². The highest BCUT2D eigenvalue weighted by molar-refractivity contribution is 6.35. The van der Waals surface area contributed by atoms with Crippen LogP contribution in [0.3, 0.4) is 0 Å². The molecule has 1 rings (SSSR count). The van der Waals surface area contributed by atoms with Crippen LogP contribution in [0.2, 0.25) is 0 Å². The third-order valence-electron chi connectivity index (χ3n) is 2.55. The molecule has 1 heterocycles. The van der Waals surface area contributed by atoms with E-state index >= 15 is 0 Å². The lowest BCUT2D eigenvalue weighted by molar-refractivity contribution is -0.154. The second kappa shape index (κ2) is 5.70. The van der Waals surface area contributed by atoms with Gasteiger partial charge >= 0.3 is 11.8 Å². The van der Waals surface area contributed by atoms with E-state index in [4.69, 9.17) is 0 Å². The number of carbonyl (C=O) groups excluding carboxylic acids is 2. The molecule has 5 nitrogen and oxygen atoms in total. The van der Waals surface area contributed by atoms with Gasteiger partial charge in [-0.05, 0) is 19.5 Å². The van der Waals surface area contributed by atoms with Crippen LogP contribution >= 0.6 is 0 Å². The maximum Gasteiger partial charge on any atom is 0.312 e. The molecule has 0 saturated carbocycles. The third-order valence-corrected chi connectivity index (χ3v) is 2.55. The van der Waals surface area contributed by atoms with Crippen molar-refractivity contribution in [3.8, 4) is 0 Å². The Morgan fingerprint density at radius 2 is 2.00 bits per heavy atom. The summed E-state index contributed by atoms with van der Waals surface area (Å²) in [5.41, 5.74) is 0. The standard InChI is InChI=1S/C10H19N3O2/c1-3-11-5-4-6-13-8-7-12(2)9(14)10(13)15/h11H,3-8H2,1-2H3. The molecule has 0 atom stereocenters. The minimum Gasteiger partial charge on any atom is -0.336 e. The van der Waals surface area contributed by atoms with E-state index in [1.54, 1.807) is 11.9 Å². The van der Waals surface area contributed by atoms with Crippen molar-refractivity contribution in [2.24, 2.45) is 0 Å². The van der Waals surface area contributed by atoms with Crippen molar-refractivity contribution in [1.82, 2.24) is 15.1 Å². The Hall–Kier alpha value is -1.10. The summed E-state index contributed by atoms with van der Waals surface area (Å²) in [5, 5.41) is 3.19. The van der Waals surface area contributed by atoms with Gasteiger partial charge in [0.15, 0.2) is 0 Å². The fraction of sp³-hybridized carbons (Fsp3) is 0.800. The molecule has 1 fully saturated rings. The summed E-state index contributed by atoms with van der Waals surface area (Å²) >= 11 is 0. The van der Waals surface area contributed by atoms with Crippen LogP contribution in [0.4, 0.5) is 0 Å². The fourth-order valence-corrected chi connectivity index (χ4v) is 1.56. The van der Waals surface area contributed by atoms with Crippen LogP contribution in [0.5, 0.6) is 0 Å². The molecule has 15 heavy (non-hydrogen) atoms. The van der Waals surface area contributed by atoms with Crippen molar-refractivity contribution in [3.05, 3.63) is 0 Å². The molecule has 0 radical (unpaired) electrons. The van der Waals surface area contributed by atoms with Crippen molar-refractivity contribution in [2.75, 3.05) is 39.8 Å². The first-order valence-corrected chi connectivity index (χ1v) is 5.42. The molecule has 2 amide bonds. The summed E-state index contributed by atoms with van der Waals surface area (Å²) in [6.07, 6.45) is 0.899. The summed E-state index contributed by atoms with van der Waals surface area (Å²) in [5.74, 6) is -0.745. The number of piperazine rings is 1. The van der Waals surface area contributed by atoms with Gasteiger partial charge in [0.2, 0.25) is 0 Å². The van der Waals surface area contributed by atoms with Crippen LogP contribution in [-0.4, -0.2) is 61.4 Å². The van der Waals surface area contributed by atoms with Crippen molar-refractivity contribution in [1.29, 1.82) is 0 Å². The maximum atomic E-state index is 11.5. The van der Waals surface area contributed by atoms with Crippen LogP contribution in [0, 0.1) is 0 Å². The lowest BCUT2D eigenvalue weighted by atomic mass is 10.3. The number of likely N-dealkylation sites (N-methyl/N-ethyl adjacent to an activating group) is 1. The summed E-state index contributed by atoms with van der Waals surface area (Å²) in [6.45, 7) is 5.86. The molecule has 0 spiro atoms. The molecular weight excluding hydrogens is 194 g/mol. The number of carbonyl (C=O) groups is 2. The van der Waals surface area contributed by atoms with E-state index in [9.17, 15) is 9.59 Å². The number of amides is 2. The number of nitrogens with one attached hydrogen (secondary N) is 1. The molecule has 0 aliphatic carbocycles. The SMILES string of the molecule is CCNCCCN1CCN(C)C(=O)C1=O. The third kappa shape index (κ3) is 3.20. The van der Waals surface area contributed by atoms with Crippen LogP contribution in [-0.2, 0) is 9.59 Å². The van der Waals surface area contributed by atoms with Gasteiger partial charge in [-0.2, -0.15) is 0 Å². The molecule has 5 heteroatoms. The number of hydrogen-bond acceptors (Lipinski definition) is 3. The van der Waals surface area contributed by atoms with Gasteiger partial charge in [0.25, 0.3) is 0 Å². The normalized spacial score (nSPS) is 17.5. The first-order chi connectivity index (χ1) is 7.16. The molecule has 0 unspecified atom stereocenters. The molecule has 0 bridgehead atoms. The molecule has 86 valence electrons. The number of rotatable bonds is 5. The van der Waals surface area contributed by atoms with Gasteiger partial charge in [0.1, 0.15) is 0 Å².